The Balaban J connectivity index is 1.23. The summed E-state index contributed by atoms with van der Waals surface area (Å²) in [5, 5.41) is 21.8. The third-order valence-corrected chi connectivity index (χ3v) is 13.4. The summed E-state index contributed by atoms with van der Waals surface area (Å²) in [7, 11) is -3.86. The molecule has 46 heavy (non-hydrogen) atoms. The van der Waals surface area contributed by atoms with Crippen LogP contribution < -0.4 is 5.73 Å². The largest absolute Gasteiger partial charge is 0.399 e. The smallest absolute Gasteiger partial charge is 0.206 e. The van der Waals surface area contributed by atoms with E-state index in [-0.39, 0.29) is 34.6 Å². The zero-order valence-corrected chi connectivity index (χ0v) is 26.0. The molecular formula is C34H35F2NO8S. The van der Waals surface area contributed by atoms with Crippen molar-refractivity contribution in [3.05, 3.63) is 77.9 Å². The second-order valence-corrected chi connectivity index (χ2v) is 15.6. The van der Waals surface area contributed by atoms with Crippen LogP contribution in [0.3, 0.4) is 0 Å². The lowest BCUT2D eigenvalue weighted by molar-refractivity contribution is -0.235. The van der Waals surface area contributed by atoms with Gasteiger partial charge in [-0.1, -0.05) is 25.1 Å². The molecule has 3 saturated carbocycles. The Labute approximate surface area is 265 Å². The van der Waals surface area contributed by atoms with Crippen LogP contribution in [0.1, 0.15) is 45.0 Å². The fraction of sp³-hybridized carbons (Fsp3) is 0.471. The van der Waals surface area contributed by atoms with Gasteiger partial charge in [-0.25, -0.2) is 17.2 Å². The number of benzene rings is 2. The van der Waals surface area contributed by atoms with Gasteiger partial charge < -0.3 is 25.4 Å². The normalized spacial score (nSPS) is 41.3. The number of carbonyl (C=O) groups is 2. The molecule has 244 valence electrons. The van der Waals surface area contributed by atoms with Crippen molar-refractivity contribution in [3.8, 4) is 0 Å². The summed E-state index contributed by atoms with van der Waals surface area (Å²) in [6, 6.07) is 11.6. The molecule has 0 unspecified atom stereocenters. The third kappa shape index (κ3) is 3.88. The topological polar surface area (TPSA) is 153 Å². The first-order valence-electron chi connectivity index (χ1n) is 15.3. The number of fused-ring (bicyclic) bond motifs is 7. The summed E-state index contributed by atoms with van der Waals surface area (Å²) in [5.41, 5.74) is -0.485. The molecule has 1 saturated heterocycles. The third-order valence-electron chi connectivity index (χ3n) is 11.6. The van der Waals surface area contributed by atoms with E-state index in [0.29, 0.717) is 11.3 Å². The molecule has 4 fully saturated rings. The second kappa shape index (κ2) is 10.1. The van der Waals surface area contributed by atoms with Crippen molar-refractivity contribution in [3.63, 3.8) is 0 Å². The minimum atomic E-state index is -3.86. The van der Waals surface area contributed by atoms with Crippen molar-refractivity contribution in [2.75, 3.05) is 12.3 Å². The molecule has 0 bridgehead atoms. The summed E-state index contributed by atoms with van der Waals surface area (Å²) in [4.78, 5) is 25.9. The maximum absolute atomic E-state index is 17.6. The van der Waals surface area contributed by atoms with Crippen LogP contribution in [0.4, 0.5) is 14.5 Å². The summed E-state index contributed by atoms with van der Waals surface area (Å²) < 4.78 is 72.4. The molecule has 10 atom stereocenters. The lowest BCUT2D eigenvalue weighted by Gasteiger charge is -2.63. The fourth-order valence-corrected chi connectivity index (χ4v) is 10.6. The van der Waals surface area contributed by atoms with E-state index >= 15 is 8.78 Å². The second-order valence-electron chi connectivity index (χ2n) is 13.6. The first-order valence-corrected chi connectivity index (χ1v) is 16.8. The van der Waals surface area contributed by atoms with Gasteiger partial charge in [0.1, 0.15) is 12.8 Å². The van der Waals surface area contributed by atoms with E-state index in [2.05, 4.69) is 0 Å². The number of ketones is 2. The molecule has 1 aliphatic heterocycles. The molecule has 1 heterocycles. The number of hydrogen-bond donors (Lipinski definition) is 3. The molecular weight excluding hydrogens is 620 g/mol. The molecule has 4 aliphatic carbocycles. The lowest BCUT2D eigenvalue weighted by Crippen LogP contribution is -2.70. The van der Waals surface area contributed by atoms with E-state index < -0.39 is 86.6 Å². The number of nitrogen functional groups attached to an aromatic ring is 1. The Bertz CT molecular complexity index is 1800. The van der Waals surface area contributed by atoms with Gasteiger partial charge in [0, 0.05) is 28.0 Å². The number of allylic oxidation sites excluding steroid dienone is 4. The molecule has 0 radical (unpaired) electrons. The Hall–Kier alpha value is -3.29. The molecule has 2 aromatic carbocycles. The standard InChI is InChI=1S/C34H35F2NO8S/c1-31-12-11-20(39)13-25(31)26(35)14-24-23-15-29-34(28(41)17-38,32(23,2)16-27(40)33(24,31)36)45-30(44-29)18-3-7-21(8-4-18)46(42,43)22-9-5-19(37)6-10-22/h3-13,23-24,26-27,29-30,38,40H,14-17,37H2,1-2H3/t23-,24-,26-,27-,29+,30+,31-,32-,33-,34+/m0/s1. The first-order chi connectivity index (χ1) is 21.6. The Morgan fingerprint density at radius 3 is 2.30 bits per heavy atom. The van der Waals surface area contributed by atoms with Gasteiger partial charge in [-0.2, -0.15) is 0 Å². The van der Waals surface area contributed by atoms with Crippen LogP contribution in [-0.4, -0.2) is 66.5 Å². The number of alkyl halides is 2. The Morgan fingerprint density at radius 1 is 1.04 bits per heavy atom. The van der Waals surface area contributed by atoms with Crippen LogP contribution in [0.5, 0.6) is 0 Å². The van der Waals surface area contributed by atoms with E-state index in [4.69, 9.17) is 15.2 Å². The SMILES string of the molecule is C[C@]12C=CC(=O)C=C1[C@@H](F)C[C@H]1[C@@H]3C[C@H]4O[C@@H](c5ccc(S(=O)(=O)c6ccc(N)cc6)cc5)O[C@@]4(C(=O)CO)[C@@]3(C)C[C@H](O)[C@@]12F. The van der Waals surface area contributed by atoms with Crippen molar-refractivity contribution >= 4 is 27.1 Å². The summed E-state index contributed by atoms with van der Waals surface area (Å²) in [6.45, 7) is 2.29. The number of ether oxygens (including phenoxy) is 2. The first kappa shape index (κ1) is 31.3. The maximum atomic E-state index is 17.6. The number of rotatable bonds is 5. The summed E-state index contributed by atoms with van der Waals surface area (Å²) >= 11 is 0. The predicted octanol–water partition coefficient (Wildman–Crippen LogP) is 3.74. The monoisotopic (exact) mass is 655 g/mol. The molecule has 12 heteroatoms. The highest BCUT2D eigenvalue weighted by atomic mass is 32.2. The van der Waals surface area contributed by atoms with Crippen molar-refractivity contribution in [2.24, 2.45) is 22.7 Å². The summed E-state index contributed by atoms with van der Waals surface area (Å²) in [5.74, 6) is -2.89. The molecule has 2 aromatic rings. The number of aliphatic hydroxyl groups excluding tert-OH is 2. The quantitative estimate of drug-likeness (QED) is 0.409. The lowest BCUT2D eigenvalue weighted by atomic mass is 9.44. The molecule has 4 N–H and O–H groups in total. The number of anilines is 1. The van der Waals surface area contributed by atoms with Crippen molar-refractivity contribution < 1.29 is 46.5 Å². The van der Waals surface area contributed by atoms with Crippen molar-refractivity contribution in [1.82, 2.24) is 0 Å². The van der Waals surface area contributed by atoms with E-state index in [0.717, 1.165) is 6.08 Å². The van der Waals surface area contributed by atoms with Gasteiger partial charge in [0.05, 0.1) is 22.0 Å². The zero-order valence-electron chi connectivity index (χ0n) is 25.2. The van der Waals surface area contributed by atoms with Gasteiger partial charge in [0.2, 0.25) is 9.84 Å². The van der Waals surface area contributed by atoms with E-state index in [1.807, 2.05) is 0 Å². The Morgan fingerprint density at radius 2 is 1.67 bits per heavy atom. The molecule has 7 rings (SSSR count). The minimum absolute atomic E-state index is 0.00448. The van der Waals surface area contributed by atoms with Gasteiger partial charge in [-0.05, 0) is 86.2 Å². The van der Waals surface area contributed by atoms with Crippen LogP contribution in [0.15, 0.2) is 82.1 Å². The fourth-order valence-electron chi connectivity index (χ4n) is 9.30. The summed E-state index contributed by atoms with van der Waals surface area (Å²) in [6.07, 6.45) is -2.22. The number of hydrogen-bond acceptors (Lipinski definition) is 9. The number of carbonyl (C=O) groups excluding carboxylic acids is 2. The number of aliphatic hydroxyl groups is 2. The average Bonchev–Trinajstić information content (AvgIpc) is 3.53. The molecule has 9 nitrogen and oxygen atoms in total. The molecule has 0 amide bonds. The number of halogens is 2. The highest BCUT2D eigenvalue weighted by Crippen LogP contribution is 2.72. The molecule has 5 aliphatic rings. The van der Waals surface area contributed by atoms with Gasteiger partial charge in [0.25, 0.3) is 0 Å². The number of sulfone groups is 1. The molecule has 0 aromatic heterocycles. The van der Waals surface area contributed by atoms with Gasteiger partial charge in [0.15, 0.2) is 29.1 Å². The van der Waals surface area contributed by atoms with Gasteiger partial charge in [-0.3, -0.25) is 9.59 Å². The van der Waals surface area contributed by atoms with Crippen molar-refractivity contribution in [1.29, 1.82) is 0 Å². The highest BCUT2D eigenvalue weighted by molar-refractivity contribution is 7.91. The predicted molar refractivity (Wildman–Crippen MR) is 160 cm³/mol. The van der Waals surface area contributed by atoms with E-state index in [9.17, 15) is 28.2 Å². The molecule has 0 spiro atoms. The van der Waals surface area contributed by atoms with Crippen LogP contribution in [0.2, 0.25) is 0 Å². The Kier molecular flexibility index (Phi) is 6.88. The van der Waals surface area contributed by atoms with E-state index in [1.165, 1.54) is 67.6 Å². The van der Waals surface area contributed by atoms with Crippen LogP contribution in [0.25, 0.3) is 0 Å². The minimum Gasteiger partial charge on any atom is -0.399 e. The number of nitrogens with two attached hydrogens (primary N) is 1. The van der Waals surface area contributed by atoms with Crippen LogP contribution in [0, 0.1) is 22.7 Å². The van der Waals surface area contributed by atoms with Gasteiger partial charge in [-0.15, -0.1) is 0 Å². The number of Topliss-reactive ketones (excluding diaryl/α,β-unsaturated/α-hetero) is 1. The van der Waals surface area contributed by atoms with Crippen LogP contribution in [-0.2, 0) is 28.9 Å². The zero-order chi connectivity index (χ0) is 33.0. The highest BCUT2D eigenvalue weighted by Gasteiger charge is 2.80. The maximum Gasteiger partial charge on any atom is 0.206 e. The van der Waals surface area contributed by atoms with Crippen LogP contribution >= 0.6 is 0 Å². The van der Waals surface area contributed by atoms with Crippen molar-refractivity contribution in [2.45, 2.75) is 78.8 Å². The van der Waals surface area contributed by atoms with Gasteiger partial charge >= 0.3 is 0 Å². The average molecular weight is 656 g/mol. The van der Waals surface area contributed by atoms with E-state index in [1.54, 1.807) is 6.92 Å².